The van der Waals surface area contributed by atoms with Crippen molar-refractivity contribution in [3.8, 4) is 22.5 Å². The van der Waals surface area contributed by atoms with Crippen molar-refractivity contribution < 1.29 is 9.90 Å². The summed E-state index contributed by atoms with van der Waals surface area (Å²) in [5, 5.41) is 12.4. The highest BCUT2D eigenvalue weighted by atomic mass is 16.4. The van der Waals surface area contributed by atoms with Crippen LogP contribution in [-0.4, -0.2) is 27.1 Å². The summed E-state index contributed by atoms with van der Waals surface area (Å²) in [6.07, 6.45) is 4.68. The van der Waals surface area contributed by atoms with Crippen LogP contribution in [0.5, 0.6) is 0 Å². The lowest BCUT2D eigenvalue weighted by atomic mass is 9.97. The molecule has 4 rings (SSSR count). The van der Waals surface area contributed by atoms with Gasteiger partial charge >= 0.3 is 5.97 Å². The minimum absolute atomic E-state index is 0.237. The zero-order chi connectivity index (χ0) is 21.8. The van der Waals surface area contributed by atoms with Crippen LogP contribution in [0.3, 0.4) is 0 Å². The summed E-state index contributed by atoms with van der Waals surface area (Å²) < 4.78 is 0. The van der Waals surface area contributed by atoms with Crippen LogP contribution in [0.4, 0.5) is 5.82 Å². The summed E-state index contributed by atoms with van der Waals surface area (Å²) in [6, 6.07) is 17.2. The van der Waals surface area contributed by atoms with Gasteiger partial charge in [0, 0.05) is 23.6 Å². The van der Waals surface area contributed by atoms with Crippen molar-refractivity contribution >= 4 is 11.8 Å². The van der Waals surface area contributed by atoms with E-state index in [1.54, 1.807) is 0 Å². The zero-order valence-electron chi connectivity index (χ0n) is 18.2. The minimum atomic E-state index is -0.723. The molecule has 0 aliphatic carbocycles. The molecular weight excluding hydrogens is 386 g/mol. The highest BCUT2D eigenvalue weighted by Crippen LogP contribution is 2.34. The Morgan fingerprint density at radius 2 is 1.52 bits per heavy atom. The number of aromatic nitrogens is 2. The Kier molecular flexibility index (Phi) is 6.31. The first-order valence-corrected chi connectivity index (χ1v) is 11.0. The monoisotopic (exact) mass is 415 g/mol. The molecule has 0 radical (unpaired) electrons. The molecule has 1 aliphatic heterocycles. The molecule has 1 aromatic heterocycles. The summed E-state index contributed by atoms with van der Waals surface area (Å²) in [7, 11) is 0. The summed E-state index contributed by atoms with van der Waals surface area (Å²) in [5.41, 5.74) is 7.39. The maximum Gasteiger partial charge on any atom is 0.303 e. The van der Waals surface area contributed by atoms with Crippen molar-refractivity contribution in [1.29, 1.82) is 0 Å². The Morgan fingerprint density at radius 3 is 2.10 bits per heavy atom. The maximum atomic E-state index is 10.7. The summed E-state index contributed by atoms with van der Waals surface area (Å²) in [6.45, 7) is 4.17. The number of nitrogens with zero attached hydrogens (tertiary/aromatic N) is 2. The number of hydrogen-bond donors (Lipinski definition) is 2. The SMILES string of the molecule is Cc1ccc(-c2nc3c(nc2-c2ccc(C)cc2)NC(CCCCC(=O)O)CC3)cc1. The third-order valence-corrected chi connectivity index (χ3v) is 5.88. The largest absolute Gasteiger partial charge is 0.481 e. The Labute approximate surface area is 183 Å². The number of hydrogen-bond acceptors (Lipinski definition) is 4. The highest BCUT2D eigenvalue weighted by Gasteiger charge is 2.23. The minimum Gasteiger partial charge on any atom is -0.481 e. The van der Waals surface area contributed by atoms with E-state index in [4.69, 9.17) is 15.1 Å². The predicted molar refractivity (Wildman–Crippen MR) is 124 cm³/mol. The molecule has 2 N–H and O–H groups in total. The lowest BCUT2D eigenvalue weighted by Crippen LogP contribution is -2.27. The number of fused-ring (bicyclic) bond motifs is 1. The molecule has 2 heterocycles. The van der Waals surface area contributed by atoms with Crippen molar-refractivity contribution in [1.82, 2.24) is 9.97 Å². The number of carboxylic acids is 1. The second-order valence-electron chi connectivity index (χ2n) is 8.47. The number of anilines is 1. The fourth-order valence-corrected chi connectivity index (χ4v) is 4.05. The van der Waals surface area contributed by atoms with Crippen molar-refractivity contribution in [3.05, 3.63) is 65.4 Å². The fourth-order valence-electron chi connectivity index (χ4n) is 4.05. The normalized spacial score (nSPS) is 15.2. The Balaban J connectivity index is 1.64. The molecule has 31 heavy (non-hydrogen) atoms. The quantitative estimate of drug-likeness (QED) is 0.477. The summed E-state index contributed by atoms with van der Waals surface area (Å²) in [5.74, 6) is 0.139. The molecule has 0 fully saturated rings. The molecule has 1 unspecified atom stereocenters. The first-order chi connectivity index (χ1) is 15.0. The first-order valence-electron chi connectivity index (χ1n) is 11.0. The molecule has 0 bridgehead atoms. The van der Waals surface area contributed by atoms with Gasteiger partial charge in [0.05, 0.1) is 17.1 Å². The number of nitrogens with one attached hydrogen (secondary N) is 1. The average molecular weight is 416 g/mol. The van der Waals surface area contributed by atoms with Crippen LogP contribution in [0.2, 0.25) is 0 Å². The molecule has 2 aromatic carbocycles. The van der Waals surface area contributed by atoms with Crippen LogP contribution in [0.25, 0.3) is 22.5 Å². The van der Waals surface area contributed by atoms with Gasteiger partial charge in [0.15, 0.2) is 0 Å². The van der Waals surface area contributed by atoms with Crippen LogP contribution in [0.1, 0.15) is 48.9 Å². The van der Waals surface area contributed by atoms with Crippen LogP contribution in [0.15, 0.2) is 48.5 Å². The molecule has 0 saturated heterocycles. The van der Waals surface area contributed by atoms with Gasteiger partial charge in [-0.1, -0.05) is 66.1 Å². The predicted octanol–water partition coefficient (Wildman–Crippen LogP) is 5.80. The second-order valence-corrected chi connectivity index (χ2v) is 8.47. The van der Waals surface area contributed by atoms with Crippen LogP contribution in [0, 0.1) is 13.8 Å². The molecule has 160 valence electrons. The fraction of sp³-hybridized carbons (Fsp3) is 0.346. The molecule has 0 spiro atoms. The average Bonchev–Trinajstić information content (AvgIpc) is 2.77. The van der Waals surface area contributed by atoms with Crippen LogP contribution in [-0.2, 0) is 11.2 Å². The Bertz CT molecular complexity index is 1060. The van der Waals surface area contributed by atoms with Gasteiger partial charge < -0.3 is 10.4 Å². The van der Waals surface area contributed by atoms with Crippen molar-refractivity contribution in [2.45, 2.75) is 58.4 Å². The van der Waals surface area contributed by atoms with E-state index < -0.39 is 5.97 Å². The van der Waals surface area contributed by atoms with E-state index in [1.165, 1.54) is 11.1 Å². The van der Waals surface area contributed by atoms with E-state index in [0.717, 1.165) is 59.7 Å². The van der Waals surface area contributed by atoms with Crippen molar-refractivity contribution in [3.63, 3.8) is 0 Å². The number of aryl methyl sites for hydroxylation is 3. The van der Waals surface area contributed by atoms with E-state index in [9.17, 15) is 4.79 Å². The molecule has 1 atom stereocenters. The van der Waals surface area contributed by atoms with Gasteiger partial charge in [0.25, 0.3) is 0 Å². The summed E-state index contributed by atoms with van der Waals surface area (Å²) >= 11 is 0. The topological polar surface area (TPSA) is 75.1 Å². The molecule has 0 amide bonds. The van der Waals surface area contributed by atoms with E-state index in [0.29, 0.717) is 12.5 Å². The number of aliphatic carboxylic acids is 1. The van der Waals surface area contributed by atoms with E-state index in [2.05, 4.69) is 67.7 Å². The lowest BCUT2D eigenvalue weighted by Gasteiger charge is -2.27. The first kappa shape index (κ1) is 21.0. The van der Waals surface area contributed by atoms with E-state index >= 15 is 0 Å². The Morgan fingerprint density at radius 1 is 0.935 bits per heavy atom. The van der Waals surface area contributed by atoms with Gasteiger partial charge in [-0.3, -0.25) is 4.79 Å². The Hall–Kier alpha value is -3.21. The molecule has 5 heteroatoms. The molecular formula is C26H29N3O2. The van der Waals surface area contributed by atoms with E-state index in [1.807, 2.05) is 0 Å². The van der Waals surface area contributed by atoms with Gasteiger partial charge in [-0.2, -0.15) is 0 Å². The molecule has 5 nitrogen and oxygen atoms in total. The lowest BCUT2D eigenvalue weighted by molar-refractivity contribution is -0.137. The van der Waals surface area contributed by atoms with Crippen molar-refractivity contribution in [2.24, 2.45) is 0 Å². The number of benzene rings is 2. The molecule has 1 aliphatic rings. The van der Waals surface area contributed by atoms with Crippen LogP contribution < -0.4 is 5.32 Å². The molecule has 3 aromatic rings. The van der Waals surface area contributed by atoms with Gasteiger partial charge in [-0.15, -0.1) is 0 Å². The number of carboxylic acid groups (broad SMARTS) is 1. The standard InChI is InChI=1S/C26H29N3O2/c1-17-7-11-19(12-8-17)24-25(20-13-9-18(2)10-14-20)29-26-22(28-24)16-15-21(27-26)5-3-4-6-23(30)31/h7-14,21H,3-6,15-16H2,1-2H3,(H,27,29)(H,30,31). The molecule has 0 saturated carbocycles. The number of unbranched alkanes of at least 4 members (excludes halogenated alkanes) is 1. The third-order valence-electron chi connectivity index (χ3n) is 5.88. The third kappa shape index (κ3) is 5.10. The second kappa shape index (κ2) is 9.29. The van der Waals surface area contributed by atoms with Crippen LogP contribution >= 0.6 is 0 Å². The van der Waals surface area contributed by atoms with E-state index in [-0.39, 0.29) is 6.42 Å². The number of carbonyl (C=O) groups is 1. The van der Waals surface area contributed by atoms with Gasteiger partial charge in [0.2, 0.25) is 0 Å². The zero-order valence-corrected chi connectivity index (χ0v) is 18.2. The van der Waals surface area contributed by atoms with Gasteiger partial charge in [-0.25, -0.2) is 9.97 Å². The summed E-state index contributed by atoms with van der Waals surface area (Å²) in [4.78, 5) is 20.9. The smallest absolute Gasteiger partial charge is 0.303 e. The highest BCUT2D eigenvalue weighted by molar-refractivity contribution is 5.79. The van der Waals surface area contributed by atoms with Crippen molar-refractivity contribution in [2.75, 3.05) is 5.32 Å². The maximum absolute atomic E-state index is 10.7. The number of rotatable bonds is 7. The van der Waals surface area contributed by atoms with Gasteiger partial charge in [0.1, 0.15) is 5.82 Å². The van der Waals surface area contributed by atoms with Gasteiger partial charge in [-0.05, 0) is 39.5 Å².